The molecule has 1 aromatic heterocycles. The molecule has 104 valence electrons. The molecule has 0 amide bonds. The Labute approximate surface area is 122 Å². The normalized spacial score (nSPS) is 22.6. The molecule has 1 fully saturated rings. The third-order valence-corrected chi connectivity index (χ3v) is 4.77. The van der Waals surface area contributed by atoms with Crippen molar-refractivity contribution in [2.75, 3.05) is 6.61 Å². The number of halogens is 1. The lowest BCUT2D eigenvalue weighted by Gasteiger charge is -2.29. The van der Waals surface area contributed by atoms with Crippen molar-refractivity contribution in [2.24, 2.45) is 0 Å². The topological polar surface area (TPSA) is 22.1 Å². The van der Waals surface area contributed by atoms with Gasteiger partial charge in [-0.05, 0) is 36.6 Å². The maximum Gasteiger partial charge on any atom is 0.136 e. The van der Waals surface area contributed by atoms with Crippen LogP contribution in [0.4, 0.5) is 4.39 Å². The lowest BCUT2D eigenvalue weighted by molar-refractivity contribution is 0.0176. The minimum Gasteiger partial charge on any atom is -0.373 e. The van der Waals surface area contributed by atoms with E-state index in [1.54, 1.807) is 24.0 Å². The first-order valence-electron chi connectivity index (χ1n) is 6.75. The molecule has 0 spiro atoms. The summed E-state index contributed by atoms with van der Waals surface area (Å²) < 4.78 is 19.5. The zero-order chi connectivity index (χ0) is 13.8. The van der Waals surface area contributed by atoms with Crippen molar-refractivity contribution in [1.82, 2.24) is 4.98 Å². The van der Waals surface area contributed by atoms with E-state index in [2.05, 4.69) is 4.98 Å². The largest absolute Gasteiger partial charge is 0.373 e. The molecule has 1 aliphatic rings. The van der Waals surface area contributed by atoms with Crippen molar-refractivity contribution in [2.45, 2.75) is 29.1 Å². The van der Waals surface area contributed by atoms with Crippen LogP contribution in [-0.4, -0.2) is 16.8 Å². The first-order valence-corrected chi connectivity index (χ1v) is 7.63. The lowest BCUT2D eigenvalue weighted by Crippen LogP contribution is -2.21. The van der Waals surface area contributed by atoms with Crippen LogP contribution in [0.1, 0.15) is 24.5 Å². The summed E-state index contributed by atoms with van der Waals surface area (Å²) >= 11 is 1.61. The molecule has 0 bridgehead atoms. The van der Waals surface area contributed by atoms with Gasteiger partial charge in [0.25, 0.3) is 0 Å². The molecule has 4 heteroatoms. The second-order valence-electron chi connectivity index (χ2n) is 4.84. The van der Waals surface area contributed by atoms with Crippen LogP contribution in [0.3, 0.4) is 0 Å². The van der Waals surface area contributed by atoms with Gasteiger partial charge in [0.05, 0.1) is 6.10 Å². The molecule has 0 N–H and O–H groups in total. The molecule has 3 rings (SSSR count). The molecule has 2 aromatic rings. The standard InChI is InChI=1S/C16H16FNOS/c17-14-5-1-2-6-16(14)20-13-7-9-19-15(10-13)12-4-3-8-18-11-12/h1-6,8,11,13,15H,7,9-10H2/t13-,15-/m1/s1. The molecule has 2 heterocycles. The second kappa shape index (κ2) is 6.37. The van der Waals surface area contributed by atoms with E-state index in [-0.39, 0.29) is 11.9 Å². The maximum atomic E-state index is 13.7. The van der Waals surface area contributed by atoms with Crippen LogP contribution in [-0.2, 0) is 4.74 Å². The Morgan fingerprint density at radius 3 is 2.90 bits per heavy atom. The molecule has 1 aliphatic heterocycles. The maximum absolute atomic E-state index is 13.7. The molecule has 2 atom stereocenters. The van der Waals surface area contributed by atoms with Crippen molar-refractivity contribution < 1.29 is 9.13 Å². The summed E-state index contributed by atoms with van der Waals surface area (Å²) in [7, 11) is 0. The van der Waals surface area contributed by atoms with E-state index in [0.29, 0.717) is 11.9 Å². The SMILES string of the molecule is Fc1ccccc1S[C@@H]1CCO[C@@H](c2cccnc2)C1. The Balaban J connectivity index is 1.68. The minimum atomic E-state index is -0.137. The number of pyridine rings is 1. The molecular weight excluding hydrogens is 273 g/mol. The van der Waals surface area contributed by atoms with Gasteiger partial charge in [-0.25, -0.2) is 4.39 Å². The predicted molar refractivity (Wildman–Crippen MR) is 78.2 cm³/mol. The summed E-state index contributed by atoms with van der Waals surface area (Å²) in [6.07, 6.45) is 5.53. The smallest absolute Gasteiger partial charge is 0.136 e. The Morgan fingerprint density at radius 2 is 2.10 bits per heavy atom. The van der Waals surface area contributed by atoms with E-state index in [1.165, 1.54) is 6.07 Å². The summed E-state index contributed by atoms with van der Waals surface area (Å²) in [4.78, 5) is 4.86. The van der Waals surface area contributed by atoms with Crippen LogP contribution in [0.5, 0.6) is 0 Å². The number of nitrogens with zero attached hydrogens (tertiary/aromatic N) is 1. The molecule has 0 unspecified atom stereocenters. The third kappa shape index (κ3) is 3.19. The van der Waals surface area contributed by atoms with E-state index in [9.17, 15) is 4.39 Å². The number of ether oxygens (including phenoxy) is 1. The van der Waals surface area contributed by atoms with Gasteiger partial charge in [0.2, 0.25) is 0 Å². The van der Waals surface area contributed by atoms with Gasteiger partial charge in [0, 0.05) is 29.1 Å². The number of hydrogen-bond acceptors (Lipinski definition) is 3. The highest BCUT2D eigenvalue weighted by Crippen LogP contribution is 2.37. The molecular formula is C16H16FNOS. The summed E-state index contributed by atoms with van der Waals surface area (Å²) in [5.41, 5.74) is 1.10. The Kier molecular flexibility index (Phi) is 4.33. The second-order valence-corrected chi connectivity index (χ2v) is 6.18. The zero-order valence-corrected chi connectivity index (χ0v) is 11.9. The molecule has 0 radical (unpaired) electrons. The summed E-state index contributed by atoms with van der Waals surface area (Å²) in [6, 6.07) is 10.9. The fraction of sp³-hybridized carbons (Fsp3) is 0.312. The van der Waals surface area contributed by atoms with E-state index in [0.717, 1.165) is 23.3 Å². The third-order valence-electron chi connectivity index (χ3n) is 3.42. The van der Waals surface area contributed by atoms with Crippen LogP contribution in [0, 0.1) is 5.82 Å². The highest BCUT2D eigenvalue weighted by Gasteiger charge is 2.25. The zero-order valence-electron chi connectivity index (χ0n) is 11.0. The summed E-state index contributed by atoms with van der Waals surface area (Å²) in [5, 5.41) is 0.380. The first kappa shape index (κ1) is 13.6. The first-order chi connectivity index (χ1) is 9.83. The minimum absolute atomic E-state index is 0.0710. The van der Waals surface area contributed by atoms with Gasteiger partial charge < -0.3 is 4.74 Å². The van der Waals surface area contributed by atoms with Gasteiger partial charge in [0.1, 0.15) is 5.82 Å². The number of aromatic nitrogens is 1. The number of thioether (sulfide) groups is 1. The fourth-order valence-electron chi connectivity index (χ4n) is 2.39. The summed E-state index contributed by atoms with van der Waals surface area (Å²) in [6.45, 7) is 0.714. The van der Waals surface area contributed by atoms with E-state index in [1.807, 2.05) is 30.5 Å². The van der Waals surface area contributed by atoms with Gasteiger partial charge >= 0.3 is 0 Å². The number of hydrogen-bond donors (Lipinski definition) is 0. The van der Waals surface area contributed by atoms with Crippen LogP contribution in [0.2, 0.25) is 0 Å². The molecule has 1 saturated heterocycles. The Morgan fingerprint density at radius 1 is 1.20 bits per heavy atom. The number of benzene rings is 1. The predicted octanol–water partition coefficient (Wildman–Crippen LogP) is 4.23. The van der Waals surface area contributed by atoms with E-state index < -0.39 is 0 Å². The molecule has 2 nitrogen and oxygen atoms in total. The van der Waals surface area contributed by atoms with Crippen LogP contribution in [0.15, 0.2) is 53.7 Å². The van der Waals surface area contributed by atoms with Crippen LogP contribution >= 0.6 is 11.8 Å². The lowest BCUT2D eigenvalue weighted by atomic mass is 10.0. The van der Waals surface area contributed by atoms with Crippen molar-refractivity contribution in [3.05, 3.63) is 60.2 Å². The average Bonchev–Trinajstić information content (AvgIpc) is 2.51. The van der Waals surface area contributed by atoms with E-state index in [4.69, 9.17) is 4.74 Å². The van der Waals surface area contributed by atoms with Crippen molar-refractivity contribution in [3.8, 4) is 0 Å². The highest BCUT2D eigenvalue weighted by molar-refractivity contribution is 8.00. The highest BCUT2D eigenvalue weighted by atomic mass is 32.2. The summed E-state index contributed by atoms with van der Waals surface area (Å²) in [5.74, 6) is -0.137. The molecule has 20 heavy (non-hydrogen) atoms. The molecule has 1 aromatic carbocycles. The van der Waals surface area contributed by atoms with Gasteiger partial charge in [0.15, 0.2) is 0 Å². The monoisotopic (exact) mass is 289 g/mol. The molecule has 0 saturated carbocycles. The average molecular weight is 289 g/mol. The Hall–Kier alpha value is -1.39. The van der Waals surface area contributed by atoms with Crippen molar-refractivity contribution in [3.63, 3.8) is 0 Å². The quantitative estimate of drug-likeness (QED) is 0.844. The van der Waals surface area contributed by atoms with Crippen molar-refractivity contribution in [1.29, 1.82) is 0 Å². The fourth-order valence-corrected chi connectivity index (χ4v) is 3.57. The van der Waals surface area contributed by atoms with Gasteiger partial charge in [-0.15, -0.1) is 11.8 Å². The van der Waals surface area contributed by atoms with Gasteiger partial charge in [-0.2, -0.15) is 0 Å². The Bertz CT molecular complexity index is 563. The van der Waals surface area contributed by atoms with Gasteiger partial charge in [-0.1, -0.05) is 18.2 Å². The number of rotatable bonds is 3. The molecule has 0 aliphatic carbocycles. The van der Waals surface area contributed by atoms with Gasteiger partial charge in [-0.3, -0.25) is 4.98 Å². The van der Waals surface area contributed by atoms with Crippen molar-refractivity contribution >= 4 is 11.8 Å². The van der Waals surface area contributed by atoms with Crippen LogP contribution < -0.4 is 0 Å². The van der Waals surface area contributed by atoms with Crippen LogP contribution in [0.25, 0.3) is 0 Å². The van der Waals surface area contributed by atoms with E-state index >= 15 is 0 Å².